The van der Waals surface area contributed by atoms with E-state index >= 15 is 0 Å². The zero-order valence-electron chi connectivity index (χ0n) is 10.4. The highest BCUT2D eigenvalue weighted by molar-refractivity contribution is 5.38. The third kappa shape index (κ3) is 2.61. The minimum atomic E-state index is -0.876. The van der Waals surface area contributed by atoms with Gasteiger partial charge in [-0.05, 0) is 6.92 Å². The minimum absolute atomic E-state index is 0.0338. The molecular formula is C11H17N3O5. The van der Waals surface area contributed by atoms with Gasteiger partial charge in [0.25, 0.3) is 0 Å². The fourth-order valence-electron chi connectivity index (χ4n) is 2.07. The summed E-state index contributed by atoms with van der Waals surface area (Å²) in [6.07, 6.45) is -1.66. The summed E-state index contributed by atoms with van der Waals surface area (Å²) in [7, 11) is 0. The molecule has 4 atom stereocenters. The van der Waals surface area contributed by atoms with Gasteiger partial charge in [0.15, 0.2) is 0 Å². The Morgan fingerprint density at radius 1 is 1.68 bits per heavy atom. The third-order valence-corrected chi connectivity index (χ3v) is 3.16. The number of rotatable bonds is 3. The average Bonchev–Trinajstić information content (AvgIpc) is 2.69. The third-order valence-electron chi connectivity index (χ3n) is 3.16. The maximum atomic E-state index is 11.8. The Labute approximate surface area is 109 Å². The van der Waals surface area contributed by atoms with Gasteiger partial charge in [0.1, 0.15) is 18.1 Å². The summed E-state index contributed by atoms with van der Waals surface area (Å²) < 4.78 is 6.53. The van der Waals surface area contributed by atoms with Gasteiger partial charge in [0, 0.05) is 18.2 Å². The van der Waals surface area contributed by atoms with Crippen LogP contribution in [0.5, 0.6) is 0 Å². The van der Waals surface area contributed by atoms with E-state index in [1.54, 1.807) is 0 Å². The Morgan fingerprint density at radius 3 is 2.89 bits per heavy atom. The van der Waals surface area contributed by atoms with E-state index in [0.717, 1.165) is 4.57 Å². The van der Waals surface area contributed by atoms with Crippen LogP contribution in [0.2, 0.25) is 0 Å². The summed E-state index contributed by atoms with van der Waals surface area (Å²) in [5.74, 6) is -0.0338. The van der Waals surface area contributed by atoms with Gasteiger partial charge in [-0.3, -0.25) is 4.57 Å². The lowest BCUT2D eigenvalue weighted by molar-refractivity contribution is -0.0460. The van der Waals surface area contributed by atoms with E-state index in [1.165, 1.54) is 13.1 Å². The van der Waals surface area contributed by atoms with Gasteiger partial charge in [-0.1, -0.05) is 0 Å². The van der Waals surface area contributed by atoms with Gasteiger partial charge in [0.2, 0.25) is 0 Å². The molecule has 0 aromatic carbocycles. The molecule has 0 aliphatic carbocycles. The van der Waals surface area contributed by atoms with Crippen LogP contribution in [0.1, 0.15) is 31.2 Å². The van der Waals surface area contributed by atoms with Crippen LogP contribution < -0.4 is 11.4 Å². The van der Waals surface area contributed by atoms with Crippen LogP contribution in [0.15, 0.2) is 11.0 Å². The first-order chi connectivity index (χ1) is 8.93. The van der Waals surface area contributed by atoms with Crippen molar-refractivity contribution in [2.24, 2.45) is 0 Å². The van der Waals surface area contributed by atoms with Crippen LogP contribution in [-0.4, -0.2) is 43.7 Å². The molecule has 0 radical (unpaired) electrons. The summed E-state index contributed by atoms with van der Waals surface area (Å²) in [5.41, 5.74) is 5.24. The van der Waals surface area contributed by atoms with Crippen molar-refractivity contribution < 1.29 is 20.1 Å². The maximum absolute atomic E-state index is 11.8. The Hall–Kier alpha value is -1.48. The topological polar surface area (TPSA) is 131 Å². The normalized spacial score (nSPS) is 28.5. The molecule has 5 N–H and O–H groups in total. The zero-order chi connectivity index (χ0) is 14.2. The predicted octanol–water partition coefficient (Wildman–Crippen LogP) is -1.48. The van der Waals surface area contributed by atoms with Crippen molar-refractivity contribution in [3.05, 3.63) is 22.2 Å². The van der Waals surface area contributed by atoms with Gasteiger partial charge >= 0.3 is 5.69 Å². The molecule has 8 heteroatoms. The quantitative estimate of drug-likeness (QED) is 0.527. The number of aromatic nitrogens is 2. The molecule has 1 fully saturated rings. The summed E-state index contributed by atoms with van der Waals surface area (Å²) in [4.78, 5) is 15.4. The van der Waals surface area contributed by atoms with Crippen LogP contribution in [0.3, 0.4) is 0 Å². The molecule has 2 rings (SSSR count). The first kappa shape index (κ1) is 13.9. The van der Waals surface area contributed by atoms with E-state index in [4.69, 9.17) is 15.6 Å². The van der Waals surface area contributed by atoms with Gasteiger partial charge in [-0.15, -0.1) is 0 Å². The van der Waals surface area contributed by atoms with E-state index in [-0.39, 0.29) is 18.8 Å². The molecule has 1 aromatic heterocycles. The number of nitrogen functional groups attached to an aromatic ring is 1. The number of aliphatic hydroxyl groups is 3. The van der Waals surface area contributed by atoms with Gasteiger partial charge < -0.3 is 25.8 Å². The lowest BCUT2D eigenvalue weighted by atomic mass is 10.2. The van der Waals surface area contributed by atoms with Crippen molar-refractivity contribution in [1.29, 1.82) is 0 Å². The van der Waals surface area contributed by atoms with Gasteiger partial charge in [0.05, 0.1) is 18.8 Å². The number of hydrogen-bond acceptors (Lipinski definition) is 7. The van der Waals surface area contributed by atoms with E-state index in [0.29, 0.717) is 5.56 Å². The SMILES string of the molecule is C[C@@H](O)c1cn([C@H]2C[C@H](O)[C@@H](CO)O2)c(=O)nc1N. The average molecular weight is 271 g/mol. The number of anilines is 1. The maximum Gasteiger partial charge on any atom is 0.351 e. The van der Waals surface area contributed by atoms with Crippen molar-refractivity contribution in [1.82, 2.24) is 9.55 Å². The van der Waals surface area contributed by atoms with Crippen LogP contribution in [0, 0.1) is 0 Å². The van der Waals surface area contributed by atoms with Crippen LogP contribution >= 0.6 is 0 Å². The molecule has 1 saturated heterocycles. The number of aliphatic hydroxyl groups excluding tert-OH is 3. The lowest BCUT2D eigenvalue weighted by Crippen LogP contribution is -2.29. The second-order valence-corrected chi connectivity index (χ2v) is 4.56. The summed E-state index contributed by atoms with van der Waals surface area (Å²) >= 11 is 0. The molecule has 0 amide bonds. The fraction of sp³-hybridized carbons (Fsp3) is 0.636. The standard InChI is InChI=1S/C11H17N3O5/c1-5(16)6-3-14(11(18)13-10(6)12)9-2-7(17)8(4-15)19-9/h3,5,7-9,15-17H,2,4H2,1H3,(H2,12,13,18)/t5-,7+,8-,9-/m1/s1. The van der Waals surface area contributed by atoms with E-state index in [9.17, 15) is 15.0 Å². The van der Waals surface area contributed by atoms with Crippen molar-refractivity contribution in [2.75, 3.05) is 12.3 Å². The molecule has 2 heterocycles. The van der Waals surface area contributed by atoms with Crippen LogP contribution in [0.4, 0.5) is 5.82 Å². The van der Waals surface area contributed by atoms with E-state index in [1.807, 2.05) is 0 Å². The molecule has 0 bridgehead atoms. The first-order valence-electron chi connectivity index (χ1n) is 5.95. The van der Waals surface area contributed by atoms with Crippen molar-refractivity contribution in [3.8, 4) is 0 Å². The Morgan fingerprint density at radius 2 is 2.37 bits per heavy atom. The summed E-state index contributed by atoms with van der Waals surface area (Å²) in [6, 6.07) is 0. The Balaban J connectivity index is 2.36. The van der Waals surface area contributed by atoms with Crippen molar-refractivity contribution in [3.63, 3.8) is 0 Å². The number of hydrogen-bond donors (Lipinski definition) is 4. The second kappa shape index (κ2) is 5.25. The first-order valence-corrected chi connectivity index (χ1v) is 5.95. The van der Waals surface area contributed by atoms with E-state index in [2.05, 4.69) is 4.98 Å². The predicted molar refractivity (Wildman–Crippen MR) is 65.2 cm³/mol. The summed E-state index contributed by atoms with van der Waals surface area (Å²) in [6.45, 7) is 1.17. The molecule has 0 saturated carbocycles. The molecule has 8 nitrogen and oxygen atoms in total. The molecule has 106 valence electrons. The minimum Gasteiger partial charge on any atom is -0.394 e. The second-order valence-electron chi connectivity index (χ2n) is 4.56. The van der Waals surface area contributed by atoms with Crippen molar-refractivity contribution >= 4 is 5.82 Å². The molecule has 1 aliphatic rings. The molecule has 0 unspecified atom stereocenters. The van der Waals surface area contributed by atoms with Crippen LogP contribution in [0.25, 0.3) is 0 Å². The molecule has 19 heavy (non-hydrogen) atoms. The van der Waals surface area contributed by atoms with Gasteiger partial charge in [-0.25, -0.2) is 4.79 Å². The molecule has 0 spiro atoms. The highest BCUT2D eigenvalue weighted by atomic mass is 16.5. The zero-order valence-corrected chi connectivity index (χ0v) is 10.4. The molecule has 1 aliphatic heterocycles. The van der Waals surface area contributed by atoms with Crippen molar-refractivity contribution in [2.45, 2.75) is 37.9 Å². The monoisotopic (exact) mass is 271 g/mol. The van der Waals surface area contributed by atoms with E-state index < -0.39 is 30.2 Å². The van der Waals surface area contributed by atoms with Gasteiger partial charge in [-0.2, -0.15) is 4.98 Å². The number of ether oxygens (including phenoxy) is 1. The smallest absolute Gasteiger partial charge is 0.351 e. The number of nitrogens with zero attached hydrogens (tertiary/aromatic N) is 2. The highest BCUT2D eigenvalue weighted by Gasteiger charge is 2.35. The fourth-order valence-corrected chi connectivity index (χ4v) is 2.07. The molecule has 1 aromatic rings. The Bertz CT molecular complexity index is 516. The molecular weight excluding hydrogens is 254 g/mol. The van der Waals surface area contributed by atoms with Crippen LogP contribution in [-0.2, 0) is 4.74 Å². The highest BCUT2D eigenvalue weighted by Crippen LogP contribution is 2.28. The summed E-state index contributed by atoms with van der Waals surface area (Å²) in [5, 5.41) is 28.2. The lowest BCUT2D eigenvalue weighted by Gasteiger charge is -2.17. The Kier molecular flexibility index (Phi) is 3.85. The number of nitrogens with two attached hydrogens (primary N) is 1. The largest absolute Gasteiger partial charge is 0.394 e.